The second kappa shape index (κ2) is 6.90. The molecule has 0 saturated heterocycles. The van der Waals surface area contributed by atoms with Crippen molar-refractivity contribution in [2.24, 2.45) is 0 Å². The quantitative estimate of drug-likeness (QED) is 0.820. The van der Waals surface area contributed by atoms with Gasteiger partial charge in [0.1, 0.15) is 5.02 Å². The zero-order valence-corrected chi connectivity index (χ0v) is 12.2. The van der Waals surface area contributed by atoms with Crippen LogP contribution in [0.4, 0.5) is 5.69 Å². The zero-order chi connectivity index (χ0) is 15.2. The van der Waals surface area contributed by atoms with Gasteiger partial charge in [-0.05, 0) is 12.1 Å². The number of rotatable bonds is 5. The Morgan fingerprint density at radius 3 is 2.67 bits per heavy atom. The van der Waals surface area contributed by atoms with Crippen molar-refractivity contribution in [2.45, 2.75) is 6.92 Å². The van der Waals surface area contributed by atoms with Gasteiger partial charge in [0.05, 0.1) is 17.6 Å². The number of nitrogens with zero attached hydrogens (tertiary/aromatic N) is 2. The number of anilines is 1. The zero-order valence-electron chi connectivity index (χ0n) is 11.5. The Bertz CT molecular complexity index is 685. The lowest BCUT2D eigenvalue weighted by Crippen LogP contribution is -2.27. The standard InChI is InChI=1S/C14H15ClN4O2/c1-10(20)16-7-8-17-12-9-18-19(14(21)13(12)15)11-5-3-2-4-6-11/h2-6,9,17H,7-8H2,1H3,(H,16,20). The summed E-state index contributed by atoms with van der Waals surface area (Å²) >= 11 is 6.07. The fraction of sp³-hybridized carbons (Fsp3) is 0.214. The Hall–Kier alpha value is -2.34. The SMILES string of the molecule is CC(=O)NCCNc1cnn(-c2ccccc2)c(=O)c1Cl. The summed E-state index contributed by atoms with van der Waals surface area (Å²) in [4.78, 5) is 22.9. The van der Waals surface area contributed by atoms with Crippen molar-refractivity contribution in [3.05, 3.63) is 51.9 Å². The van der Waals surface area contributed by atoms with Crippen LogP contribution < -0.4 is 16.2 Å². The third-order valence-corrected chi connectivity index (χ3v) is 3.10. The maximum absolute atomic E-state index is 12.2. The number of carbonyl (C=O) groups is 1. The molecule has 6 nitrogen and oxygen atoms in total. The minimum atomic E-state index is -0.396. The molecule has 1 amide bonds. The normalized spacial score (nSPS) is 10.2. The van der Waals surface area contributed by atoms with Crippen molar-refractivity contribution < 1.29 is 4.79 Å². The molecule has 0 radical (unpaired) electrons. The van der Waals surface area contributed by atoms with Gasteiger partial charge in [-0.3, -0.25) is 9.59 Å². The first-order valence-corrected chi connectivity index (χ1v) is 6.79. The Morgan fingerprint density at radius 2 is 2.00 bits per heavy atom. The van der Waals surface area contributed by atoms with E-state index in [1.807, 2.05) is 18.2 Å². The van der Waals surface area contributed by atoms with E-state index in [9.17, 15) is 9.59 Å². The van der Waals surface area contributed by atoms with Crippen LogP contribution in [-0.2, 0) is 4.79 Å². The molecule has 2 rings (SSSR count). The maximum atomic E-state index is 12.2. The predicted octanol–water partition coefficient (Wildman–Crippen LogP) is 1.43. The number of halogens is 1. The molecule has 7 heteroatoms. The van der Waals surface area contributed by atoms with Crippen molar-refractivity contribution in [2.75, 3.05) is 18.4 Å². The van der Waals surface area contributed by atoms with E-state index < -0.39 is 5.56 Å². The summed E-state index contributed by atoms with van der Waals surface area (Å²) in [5.74, 6) is -0.111. The smallest absolute Gasteiger partial charge is 0.292 e. The van der Waals surface area contributed by atoms with E-state index in [1.165, 1.54) is 17.8 Å². The average molecular weight is 307 g/mol. The molecule has 0 spiro atoms. The lowest BCUT2D eigenvalue weighted by Gasteiger charge is -2.10. The summed E-state index contributed by atoms with van der Waals surface area (Å²) in [5, 5.41) is 9.76. The number of para-hydroxylation sites is 1. The van der Waals surface area contributed by atoms with Gasteiger partial charge in [-0.25, -0.2) is 0 Å². The number of hydrogen-bond donors (Lipinski definition) is 2. The van der Waals surface area contributed by atoms with Crippen LogP contribution >= 0.6 is 11.6 Å². The molecule has 21 heavy (non-hydrogen) atoms. The number of hydrogen-bond acceptors (Lipinski definition) is 4. The summed E-state index contributed by atoms with van der Waals surface area (Å²) in [5.41, 5.74) is 0.695. The van der Waals surface area contributed by atoms with E-state index in [0.717, 1.165) is 0 Å². The van der Waals surface area contributed by atoms with Gasteiger partial charge in [0.2, 0.25) is 5.91 Å². The van der Waals surface area contributed by atoms with Crippen LogP contribution in [0.5, 0.6) is 0 Å². The molecule has 1 aromatic heterocycles. The summed E-state index contributed by atoms with van der Waals surface area (Å²) in [7, 11) is 0. The molecule has 0 atom stereocenters. The van der Waals surface area contributed by atoms with Crippen LogP contribution in [0.25, 0.3) is 5.69 Å². The van der Waals surface area contributed by atoms with Crippen LogP contribution in [-0.4, -0.2) is 28.8 Å². The largest absolute Gasteiger partial charge is 0.381 e. The molecule has 2 aromatic rings. The van der Waals surface area contributed by atoms with Gasteiger partial charge in [-0.1, -0.05) is 29.8 Å². The first kappa shape index (κ1) is 15.1. The number of carbonyl (C=O) groups excluding carboxylic acids is 1. The molecule has 0 fully saturated rings. The fourth-order valence-corrected chi connectivity index (χ4v) is 1.94. The number of amides is 1. The highest BCUT2D eigenvalue weighted by molar-refractivity contribution is 6.32. The van der Waals surface area contributed by atoms with Crippen molar-refractivity contribution in [3.63, 3.8) is 0 Å². The first-order valence-electron chi connectivity index (χ1n) is 6.41. The van der Waals surface area contributed by atoms with Crippen molar-refractivity contribution in [3.8, 4) is 5.69 Å². The number of aromatic nitrogens is 2. The molecule has 0 aliphatic heterocycles. The van der Waals surface area contributed by atoms with Crippen LogP contribution in [0, 0.1) is 0 Å². The molecule has 1 heterocycles. The predicted molar refractivity (Wildman–Crippen MR) is 82.0 cm³/mol. The maximum Gasteiger partial charge on any atom is 0.292 e. The van der Waals surface area contributed by atoms with E-state index in [-0.39, 0.29) is 10.9 Å². The highest BCUT2D eigenvalue weighted by atomic mass is 35.5. The van der Waals surface area contributed by atoms with Crippen LogP contribution in [0.3, 0.4) is 0 Å². The monoisotopic (exact) mass is 306 g/mol. The van der Waals surface area contributed by atoms with E-state index in [1.54, 1.807) is 12.1 Å². The summed E-state index contributed by atoms with van der Waals surface area (Å²) in [6.45, 7) is 2.33. The van der Waals surface area contributed by atoms with Crippen LogP contribution in [0.2, 0.25) is 5.02 Å². The Labute approximate surface area is 126 Å². The lowest BCUT2D eigenvalue weighted by molar-refractivity contribution is -0.118. The minimum Gasteiger partial charge on any atom is -0.381 e. The van der Waals surface area contributed by atoms with Gasteiger partial charge in [0.25, 0.3) is 5.56 Å². The van der Waals surface area contributed by atoms with Gasteiger partial charge in [-0.2, -0.15) is 9.78 Å². The Kier molecular flexibility index (Phi) is 4.94. The van der Waals surface area contributed by atoms with E-state index in [4.69, 9.17) is 11.6 Å². The molecule has 2 N–H and O–H groups in total. The molecule has 0 aliphatic rings. The summed E-state index contributed by atoms with van der Waals surface area (Å²) < 4.78 is 1.24. The molecule has 0 aliphatic carbocycles. The number of nitrogens with one attached hydrogen (secondary N) is 2. The lowest BCUT2D eigenvalue weighted by atomic mass is 10.3. The van der Waals surface area contributed by atoms with Gasteiger partial charge in [0, 0.05) is 20.0 Å². The topological polar surface area (TPSA) is 76.0 Å². The third-order valence-electron chi connectivity index (χ3n) is 2.73. The number of benzene rings is 1. The van der Waals surface area contributed by atoms with Gasteiger partial charge < -0.3 is 10.6 Å². The van der Waals surface area contributed by atoms with Crippen molar-refractivity contribution in [1.29, 1.82) is 0 Å². The average Bonchev–Trinajstić information content (AvgIpc) is 2.48. The van der Waals surface area contributed by atoms with Crippen molar-refractivity contribution >= 4 is 23.2 Å². The highest BCUT2D eigenvalue weighted by Crippen LogP contribution is 2.16. The Balaban J connectivity index is 2.15. The highest BCUT2D eigenvalue weighted by Gasteiger charge is 2.09. The van der Waals surface area contributed by atoms with Gasteiger partial charge >= 0.3 is 0 Å². The van der Waals surface area contributed by atoms with Crippen LogP contribution in [0.15, 0.2) is 41.3 Å². The van der Waals surface area contributed by atoms with E-state index in [2.05, 4.69) is 15.7 Å². The molecular weight excluding hydrogens is 292 g/mol. The molecule has 0 unspecified atom stereocenters. The third kappa shape index (κ3) is 3.82. The second-order valence-corrected chi connectivity index (χ2v) is 4.71. The molecular formula is C14H15ClN4O2. The summed E-state index contributed by atoms with van der Waals surface area (Å²) in [6, 6.07) is 9.03. The van der Waals surface area contributed by atoms with Gasteiger partial charge in [0.15, 0.2) is 0 Å². The molecule has 1 aromatic carbocycles. The molecule has 0 bridgehead atoms. The molecule has 0 saturated carbocycles. The minimum absolute atomic E-state index is 0.0664. The van der Waals surface area contributed by atoms with E-state index >= 15 is 0 Å². The second-order valence-electron chi connectivity index (χ2n) is 4.33. The van der Waals surface area contributed by atoms with Gasteiger partial charge in [-0.15, -0.1) is 0 Å². The Morgan fingerprint density at radius 1 is 1.29 bits per heavy atom. The van der Waals surface area contributed by atoms with Crippen molar-refractivity contribution in [1.82, 2.24) is 15.1 Å². The first-order chi connectivity index (χ1) is 10.1. The molecule has 110 valence electrons. The fourth-order valence-electron chi connectivity index (χ4n) is 1.74. The van der Waals surface area contributed by atoms with Crippen LogP contribution in [0.1, 0.15) is 6.92 Å². The summed E-state index contributed by atoms with van der Waals surface area (Å²) in [6.07, 6.45) is 1.49. The van der Waals surface area contributed by atoms with E-state index in [0.29, 0.717) is 24.5 Å².